The molecule has 4 N–H and O–H groups in total. The first-order valence-corrected chi connectivity index (χ1v) is 8.09. The molecule has 0 saturated heterocycles. The molecule has 142 valence electrons. The molecule has 0 heterocycles. The Morgan fingerprint density at radius 3 is 2.15 bits per heavy atom. The molecule has 0 fully saturated rings. The second-order valence-corrected chi connectivity index (χ2v) is 5.79. The first-order valence-electron chi connectivity index (χ1n) is 8.09. The topological polar surface area (TPSA) is 126 Å². The Bertz CT molecular complexity index is 658. The molecular weight excluding hydrogens is 340 g/mol. The lowest BCUT2D eigenvalue weighted by Gasteiger charge is -2.13. The van der Waals surface area contributed by atoms with Gasteiger partial charge < -0.3 is 20.7 Å². The van der Waals surface area contributed by atoms with Crippen molar-refractivity contribution in [2.45, 2.75) is 39.5 Å². The fourth-order valence-corrected chi connectivity index (χ4v) is 1.81. The zero-order chi connectivity index (χ0) is 19.7. The van der Waals surface area contributed by atoms with Crippen LogP contribution in [0.1, 0.15) is 36.7 Å². The van der Waals surface area contributed by atoms with Gasteiger partial charge in [0.25, 0.3) is 5.91 Å². The van der Waals surface area contributed by atoms with E-state index in [4.69, 9.17) is 4.74 Å². The highest BCUT2D eigenvalue weighted by molar-refractivity contribution is 5.98. The smallest absolute Gasteiger partial charge is 0.338 e. The van der Waals surface area contributed by atoms with Gasteiger partial charge in [0.15, 0.2) is 6.10 Å². The highest BCUT2D eigenvalue weighted by atomic mass is 16.5. The van der Waals surface area contributed by atoms with Gasteiger partial charge in [0, 0.05) is 19.6 Å². The number of benzene rings is 1. The molecule has 0 aliphatic carbocycles. The Hall–Kier alpha value is -3.10. The van der Waals surface area contributed by atoms with E-state index in [0.29, 0.717) is 6.54 Å². The van der Waals surface area contributed by atoms with Crippen molar-refractivity contribution >= 4 is 23.9 Å². The van der Waals surface area contributed by atoms with Crippen LogP contribution in [0, 0.1) is 0 Å². The predicted molar refractivity (Wildman–Crippen MR) is 94.4 cm³/mol. The summed E-state index contributed by atoms with van der Waals surface area (Å²) in [5.74, 6) is -1.42. The largest absolute Gasteiger partial charge is 0.449 e. The first kappa shape index (κ1) is 20.9. The van der Waals surface area contributed by atoms with Crippen molar-refractivity contribution in [1.29, 1.82) is 0 Å². The van der Waals surface area contributed by atoms with E-state index < -0.39 is 24.0 Å². The molecule has 0 aliphatic rings. The van der Waals surface area contributed by atoms with Gasteiger partial charge in [-0.15, -0.1) is 0 Å². The Balaban J connectivity index is 2.54. The second kappa shape index (κ2) is 10.0. The molecule has 1 aromatic carbocycles. The number of hydrogen-bond acceptors (Lipinski definition) is 5. The summed E-state index contributed by atoms with van der Waals surface area (Å²) in [5, 5.41) is 9.64. The van der Waals surface area contributed by atoms with Crippen LogP contribution in [0.25, 0.3) is 0 Å². The number of urea groups is 2. The summed E-state index contributed by atoms with van der Waals surface area (Å²) in [6.07, 6.45) is -1.12. The molecule has 0 saturated carbocycles. The lowest BCUT2D eigenvalue weighted by atomic mass is 10.1. The van der Waals surface area contributed by atoms with Gasteiger partial charge in [-0.1, -0.05) is 12.1 Å². The van der Waals surface area contributed by atoms with E-state index in [1.807, 2.05) is 19.2 Å². The lowest BCUT2D eigenvalue weighted by molar-refractivity contribution is -0.127. The molecule has 0 spiro atoms. The van der Waals surface area contributed by atoms with Crippen molar-refractivity contribution < 1.29 is 23.9 Å². The molecule has 1 aromatic rings. The standard InChI is InChI=1S/C17H24N4O5/c1-10(2)20-17(25)19-9-12-5-7-13(8-6-12)15(23)26-11(3)14(22)21-16(24)18-4/h5-8,10-11H,9H2,1-4H3,(H2,19,20,25)(H2,18,21,22,24). The van der Waals surface area contributed by atoms with E-state index in [1.54, 1.807) is 12.1 Å². The minimum atomic E-state index is -1.12. The Labute approximate surface area is 151 Å². The van der Waals surface area contributed by atoms with Gasteiger partial charge in [-0.25, -0.2) is 14.4 Å². The zero-order valence-electron chi connectivity index (χ0n) is 15.2. The van der Waals surface area contributed by atoms with Crippen molar-refractivity contribution in [3.8, 4) is 0 Å². The summed E-state index contributed by atoms with van der Waals surface area (Å²) < 4.78 is 5.01. The Kier molecular flexibility index (Phi) is 8.07. The molecule has 9 heteroatoms. The van der Waals surface area contributed by atoms with Gasteiger partial charge in [-0.3, -0.25) is 10.1 Å². The van der Waals surface area contributed by atoms with Gasteiger partial charge in [0.1, 0.15) is 0 Å². The minimum Gasteiger partial charge on any atom is -0.449 e. The van der Waals surface area contributed by atoms with Gasteiger partial charge >= 0.3 is 18.0 Å². The van der Waals surface area contributed by atoms with Crippen LogP contribution < -0.4 is 21.3 Å². The first-order chi connectivity index (χ1) is 12.2. The van der Waals surface area contributed by atoms with Crippen LogP contribution in [-0.2, 0) is 16.1 Å². The van der Waals surface area contributed by atoms with E-state index in [2.05, 4.69) is 16.0 Å². The van der Waals surface area contributed by atoms with Crippen molar-refractivity contribution in [1.82, 2.24) is 21.3 Å². The molecule has 0 radical (unpaired) electrons. The molecule has 0 aromatic heterocycles. The van der Waals surface area contributed by atoms with Crippen molar-refractivity contribution in [3.05, 3.63) is 35.4 Å². The molecular formula is C17H24N4O5. The van der Waals surface area contributed by atoms with Crippen LogP contribution in [-0.4, -0.2) is 43.1 Å². The van der Waals surface area contributed by atoms with Crippen LogP contribution in [0.4, 0.5) is 9.59 Å². The van der Waals surface area contributed by atoms with Crippen molar-refractivity contribution in [2.24, 2.45) is 0 Å². The predicted octanol–water partition coefficient (Wildman–Crippen LogP) is 0.895. The molecule has 1 atom stereocenters. The molecule has 0 aliphatic heterocycles. The zero-order valence-corrected chi connectivity index (χ0v) is 15.2. The Morgan fingerprint density at radius 1 is 1.00 bits per heavy atom. The number of imide groups is 1. The summed E-state index contributed by atoms with van der Waals surface area (Å²) in [7, 11) is 1.36. The summed E-state index contributed by atoms with van der Waals surface area (Å²) in [6.45, 7) is 5.38. The van der Waals surface area contributed by atoms with Gasteiger partial charge in [0.05, 0.1) is 5.56 Å². The quantitative estimate of drug-likeness (QED) is 0.558. The lowest BCUT2D eigenvalue weighted by Crippen LogP contribution is -2.43. The molecule has 5 amide bonds. The molecule has 1 rings (SSSR count). The number of amides is 5. The van der Waals surface area contributed by atoms with E-state index in [0.717, 1.165) is 5.56 Å². The SMILES string of the molecule is CNC(=O)NC(=O)C(C)OC(=O)c1ccc(CNC(=O)NC(C)C)cc1. The number of ether oxygens (including phenoxy) is 1. The third-order valence-corrected chi connectivity index (χ3v) is 3.18. The van der Waals surface area contributed by atoms with Crippen LogP contribution >= 0.6 is 0 Å². The van der Waals surface area contributed by atoms with Gasteiger partial charge in [-0.2, -0.15) is 0 Å². The van der Waals surface area contributed by atoms with Gasteiger partial charge in [-0.05, 0) is 38.5 Å². The van der Waals surface area contributed by atoms with Gasteiger partial charge in [0.2, 0.25) is 0 Å². The minimum absolute atomic E-state index is 0.0368. The molecule has 1 unspecified atom stereocenters. The number of hydrogen-bond donors (Lipinski definition) is 4. The number of carbonyl (C=O) groups excluding carboxylic acids is 4. The number of rotatable bonds is 6. The number of esters is 1. The van der Waals surface area contributed by atoms with Crippen LogP contribution in [0.5, 0.6) is 0 Å². The molecule has 9 nitrogen and oxygen atoms in total. The summed E-state index contributed by atoms with van der Waals surface area (Å²) in [5.41, 5.74) is 1.05. The van der Waals surface area contributed by atoms with Crippen LogP contribution in [0.2, 0.25) is 0 Å². The maximum absolute atomic E-state index is 12.0. The number of carbonyl (C=O) groups is 4. The monoisotopic (exact) mass is 364 g/mol. The Morgan fingerprint density at radius 2 is 1.62 bits per heavy atom. The normalized spacial score (nSPS) is 11.3. The molecule has 26 heavy (non-hydrogen) atoms. The van der Waals surface area contributed by atoms with Crippen LogP contribution in [0.15, 0.2) is 24.3 Å². The number of nitrogens with one attached hydrogen (secondary N) is 4. The third kappa shape index (κ3) is 7.20. The second-order valence-electron chi connectivity index (χ2n) is 5.79. The fraction of sp³-hybridized carbons (Fsp3) is 0.412. The highest BCUT2D eigenvalue weighted by Crippen LogP contribution is 2.07. The van der Waals surface area contributed by atoms with Crippen LogP contribution in [0.3, 0.4) is 0 Å². The summed E-state index contributed by atoms with van der Waals surface area (Å²) in [6, 6.07) is 5.47. The third-order valence-electron chi connectivity index (χ3n) is 3.18. The van der Waals surface area contributed by atoms with Crippen molar-refractivity contribution in [3.63, 3.8) is 0 Å². The molecule has 0 bridgehead atoms. The maximum atomic E-state index is 12.0. The summed E-state index contributed by atoms with van der Waals surface area (Å²) >= 11 is 0. The summed E-state index contributed by atoms with van der Waals surface area (Å²) in [4.78, 5) is 46.3. The van der Waals surface area contributed by atoms with E-state index >= 15 is 0 Å². The average molecular weight is 364 g/mol. The fourth-order valence-electron chi connectivity index (χ4n) is 1.81. The maximum Gasteiger partial charge on any atom is 0.338 e. The van der Waals surface area contributed by atoms with E-state index in [9.17, 15) is 19.2 Å². The van der Waals surface area contributed by atoms with Crippen molar-refractivity contribution in [2.75, 3.05) is 7.05 Å². The average Bonchev–Trinajstić information content (AvgIpc) is 2.59. The highest BCUT2D eigenvalue weighted by Gasteiger charge is 2.20. The van der Waals surface area contributed by atoms with E-state index in [1.165, 1.54) is 26.1 Å². The van der Waals surface area contributed by atoms with E-state index in [-0.39, 0.29) is 17.6 Å².